The van der Waals surface area contributed by atoms with Crippen molar-refractivity contribution in [1.82, 2.24) is 0 Å². The fourth-order valence-electron chi connectivity index (χ4n) is 9.65. The number of carbonyl (C=O) groups is 3. The van der Waals surface area contributed by atoms with E-state index in [9.17, 15) is 14.4 Å². The van der Waals surface area contributed by atoms with Gasteiger partial charge >= 0.3 is 17.9 Å². The quantitative estimate of drug-likeness (QED) is 0.0261. The molecule has 1 atom stereocenters. The zero-order valence-electron chi connectivity index (χ0n) is 48.0. The molecule has 0 N–H and O–H groups in total. The molecule has 418 valence electrons. The van der Waals surface area contributed by atoms with E-state index in [1.54, 1.807) is 0 Å². The van der Waals surface area contributed by atoms with E-state index in [0.717, 1.165) is 77.0 Å². The topological polar surface area (TPSA) is 78.9 Å². The van der Waals surface area contributed by atoms with Gasteiger partial charge in [0.15, 0.2) is 6.10 Å². The van der Waals surface area contributed by atoms with Crippen LogP contribution in [-0.4, -0.2) is 37.2 Å². The Labute approximate surface area is 443 Å². The molecule has 0 bridgehead atoms. The number of ether oxygens (including phenoxy) is 3. The summed E-state index contributed by atoms with van der Waals surface area (Å²) in [7, 11) is 0. The maximum Gasteiger partial charge on any atom is 0.306 e. The first kappa shape index (κ1) is 68.9. The van der Waals surface area contributed by atoms with Crippen LogP contribution in [0.15, 0.2) is 24.3 Å². The zero-order valence-corrected chi connectivity index (χ0v) is 48.0. The molecule has 6 heteroatoms. The number of allylic oxidation sites excluding steroid dienone is 4. The number of unbranched alkanes of at least 4 members (excludes halogenated alkanes) is 44. The Morgan fingerprint density at radius 1 is 0.282 bits per heavy atom. The molecule has 0 fully saturated rings. The van der Waals surface area contributed by atoms with Crippen LogP contribution in [0.3, 0.4) is 0 Å². The number of carbonyl (C=O) groups excluding carboxylic acids is 3. The first-order chi connectivity index (χ1) is 35.0. The monoisotopic (exact) mass is 999 g/mol. The minimum Gasteiger partial charge on any atom is -0.462 e. The summed E-state index contributed by atoms with van der Waals surface area (Å²) in [4.78, 5) is 38.1. The normalized spacial score (nSPS) is 12.1. The average molecular weight is 1000 g/mol. The van der Waals surface area contributed by atoms with E-state index in [2.05, 4.69) is 45.1 Å². The third-order valence-electron chi connectivity index (χ3n) is 14.5. The van der Waals surface area contributed by atoms with Crippen LogP contribution in [0.4, 0.5) is 0 Å². The van der Waals surface area contributed by atoms with Gasteiger partial charge in [-0.05, 0) is 51.4 Å². The van der Waals surface area contributed by atoms with Gasteiger partial charge < -0.3 is 14.2 Å². The number of esters is 3. The van der Waals surface area contributed by atoms with Crippen molar-refractivity contribution in [3.63, 3.8) is 0 Å². The third-order valence-corrected chi connectivity index (χ3v) is 14.5. The molecule has 71 heavy (non-hydrogen) atoms. The zero-order chi connectivity index (χ0) is 51.4. The molecule has 0 heterocycles. The van der Waals surface area contributed by atoms with Crippen molar-refractivity contribution in [2.24, 2.45) is 0 Å². The Kier molecular flexibility index (Phi) is 58.6. The number of rotatable bonds is 59. The van der Waals surface area contributed by atoms with E-state index < -0.39 is 6.10 Å². The average Bonchev–Trinajstić information content (AvgIpc) is 3.37. The summed E-state index contributed by atoms with van der Waals surface area (Å²) in [6.45, 7) is 6.66. The highest BCUT2D eigenvalue weighted by atomic mass is 16.6. The van der Waals surface area contributed by atoms with E-state index in [1.165, 1.54) is 238 Å². The third kappa shape index (κ3) is 58.7. The van der Waals surface area contributed by atoms with Gasteiger partial charge in [-0.1, -0.05) is 308 Å². The maximum atomic E-state index is 12.8. The van der Waals surface area contributed by atoms with Gasteiger partial charge in [0, 0.05) is 19.3 Å². The summed E-state index contributed by atoms with van der Waals surface area (Å²) >= 11 is 0. The fourth-order valence-corrected chi connectivity index (χ4v) is 9.65. The molecular weight excluding hydrogens is 877 g/mol. The molecule has 0 saturated heterocycles. The van der Waals surface area contributed by atoms with Gasteiger partial charge in [0.2, 0.25) is 0 Å². The van der Waals surface area contributed by atoms with E-state index in [4.69, 9.17) is 14.2 Å². The van der Waals surface area contributed by atoms with Crippen LogP contribution in [0.1, 0.15) is 355 Å². The molecule has 0 spiro atoms. The largest absolute Gasteiger partial charge is 0.462 e. The second-order valence-electron chi connectivity index (χ2n) is 21.7. The van der Waals surface area contributed by atoms with Crippen molar-refractivity contribution in [1.29, 1.82) is 0 Å². The minimum atomic E-state index is -0.774. The molecule has 0 aromatic heterocycles. The summed E-state index contributed by atoms with van der Waals surface area (Å²) in [5.41, 5.74) is 0. The Bertz CT molecular complexity index is 1150. The standard InChI is InChI=1S/C65H122O6/c1-4-7-10-13-16-19-22-24-26-28-29-30-31-32-33-34-35-36-37-38-40-41-43-46-49-52-55-58-64(67)70-61-62(60-69-63(66)57-54-51-48-45-21-18-15-12-9-6-3)71-65(68)59-56-53-50-47-44-42-39-27-25-23-20-17-14-11-8-5-2/h20,23,27,39,62H,4-19,21-22,24-26,28-38,40-61H2,1-3H3/b23-20-,39-27-. The highest BCUT2D eigenvalue weighted by molar-refractivity contribution is 5.71. The van der Waals surface area contributed by atoms with Crippen LogP contribution < -0.4 is 0 Å². The van der Waals surface area contributed by atoms with Crippen LogP contribution in [0.2, 0.25) is 0 Å². The van der Waals surface area contributed by atoms with Crippen molar-refractivity contribution in [2.75, 3.05) is 13.2 Å². The highest BCUT2D eigenvalue weighted by Gasteiger charge is 2.19. The highest BCUT2D eigenvalue weighted by Crippen LogP contribution is 2.18. The Morgan fingerprint density at radius 3 is 0.789 bits per heavy atom. The van der Waals surface area contributed by atoms with Gasteiger partial charge in [-0.15, -0.1) is 0 Å². The summed E-state index contributed by atoms with van der Waals surface area (Å²) in [6.07, 6.45) is 72.0. The van der Waals surface area contributed by atoms with Gasteiger partial charge in [0.05, 0.1) is 0 Å². The summed E-state index contributed by atoms with van der Waals surface area (Å²) < 4.78 is 16.9. The van der Waals surface area contributed by atoms with Gasteiger partial charge in [0.1, 0.15) is 13.2 Å². The predicted molar refractivity (Wildman–Crippen MR) is 307 cm³/mol. The van der Waals surface area contributed by atoms with Crippen molar-refractivity contribution in [3.05, 3.63) is 24.3 Å². The number of hydrogen-bond donors (Lipinski definition) is 0. The smallest absolute Gasteiger partial charge is 0.306 e. The summed E-state index contributed by atoms with van der Waals surface area (Å²) in [5.74, 6) is -0.864. The van der Waals surface area contributed by atoms with Crippen molar-refractivity contribution < 1.29 is 28.6 Å². The van der Waals surface area contributed by atoms with Crippen molar-refractivity contribution in [3.8, 4) is 0 Å². The maximum absolute atomic E-state index is 12.8. The van der Waals surface area contributed by atoms with Gasteiger partial charge in [-0.25, -0.2) is 0 Å². The molecular formula is C65H122O6. The molecule has 0 aliphatic carbocycles. The molecule has 0 aliphatic heterocycles. The number of hydrogen-bond acceptors (Lipinski definition) is 6. The van der Waals surface area contributed by atoms with Crippen molar-refractivity contribution >= 4 is 17.9 Å². The SMILES string of the molecule is CCCCCC/C=C\C/C=C\CCCCCCCC(=O)OC(COC(=O)CCCCCCCCCCCC)COC(=O)CCCCCCCCCCCCCCCCCCCCCCCCCCCCC. The Hall–Kier alpha value is -2.11. The first-order valence-electron chi connectivity index (χ1n) is 31.8. The fraction of sp³-hybridized carbons (Fsp3) is 0.892. The molecule has 0 aliphatic rings. The first-order valence-corrected chi connectivity index (χ1v) is 31.8. The van der Waals surface area contributed by atoms with E-state index in [0.29, 0.717) is 19.3 Å². The second kappa shape index (κ2) is 60.4. The van der Waals surface area contributed by atoms with E-state index in [-0.39, 0.29) is 31.1 Å². The summed E-state index contributed by atoms with van der Waals surface area (Å²) in [6, 6.07) is 0. The molecule has 0 aromatic carbocycles. The van der Waals surface area contributed by atoms with Gasteiger partial charge in [-0.3, -0.25) is 14.4 Å². The lowest BCUT2D eigenvalue weighted by atomic mass is 10.0. The predicted octanol–water partition coefficient (Wildman–Crippen LogP) is 21.4. The molecule has 0 saturated carbocycles. The molecule has 6 nitrogen and oxygen atoms in total. The van der Waals surface area contributed by atoms with Crippen LogP contribution in [0.5, 0.6) is 0 Å². The Balaban J connectivity index is 4.13. The Morgan fingerprint density at radius 2 is 0.507 bits per heavy atom. The van der Waals surface area contributed by atoms with Crippen molar-refractivity contribution in [2.45, 2.75) is 361 Å². The molecule has 0 rings (SSSR count). The van der Waals surface area contributed by atoms with Crippen LogP contribution in [0, 0.1) is 0 Å². The lowest BCUT2D eigenvalue weighted by Gasteiger charge is -2.18. The van der Waals surface area contributed by atoms with E-state index in [1.807, 2.05) is 0 Å². The molecule has 0 aromatic rings. The molecule has 1 unspecified atom stereocenters. The minimum absolute atomic E-state index is 0.0715. The molecule has 0 radical (unpaired) electrons. The summed E-state index contributed by atoms with van der Waals surface area (Å²) in [5, 5.41) is 0. The van der Waals surface area contributed by atoms with Crippen LogP contribution >= 0.6 is 0 Å². The lowest BCUT2D eigenvalue weighted by molar-refractivity contribution is -0.167. The van der Waals surface area contributed by atoms with E-state index >= 15 is 0 Å². The van der Waals surface area contributed by atoms with Gasteiger partial charge in [0.25, 0.3) is 0 Å². The van der Waals surface area contributed by atoms with Crippen LogP contribution in [0.25, 0.3) is 0 Å². The lowest BCUT2D eigenvalue weighted by Crippen LogP contribution is -2.30. The van der Waals surface area contributed by atoms with Crippen LogP contribution in [-0.2, 0) is 28.6 Å². The molecule has 0 amide bonds. The van der Waals surface area contributed by atoms with Gasteiger partial charge in [-0.2, -0.15) is 0 Å². The second-order valence-corrected chi connectivity index (χ2v) is 21.7.